The first kappa shape index (κ1) is 21.1. The van der Waals surface area contributed by atoms with Gasteiger partial charge >= 0.3 is 7.60 Å². The van der Waals surface area contributed by atoms with Gasteiger partial charge < -0.3 is 19.2 Å². The summed E-state index contributed by atoms with van der Waals surface area (Å²) >= 11 is 6.33. The molecule has 3 aromatic rings. The van der Waals surface area contributed by atoms with E-state index in [0.717, 1.165) is 10.9 Å². The summed E-state index contributed by atoms with van der Waals surface area (Å²) in [6.07, 6.45) is 2.44. The molecule has 3 N–H and O–H groups in total. The number of H-pyrrole nitrogens is 1. The second kappa shape index (κ2) is 7.68. The summed E-state index contributed by atoms with van der Waals surface area (Å²) in [5.41, 5.74) is 2.52. The molecule has 0 aliphatic rings. The van der Waals surface area contributed by atoms with E-state index in [2.05, 4.69) is 4.98 Å². The molecule has 2 heterocycles. The third-order valence-electron chi connectivity index (χ3n) is 4.59. The summed E-state index contributed by atoms with van der Waals surface area (Å²) in [7, 11) is -4.54. The molecule has 28 heavy (non-hydrogen) atoms. The smallest absolute Gasteiger partial charge is 0.360 e. The summed E-state index contributed by atoms with van der Waals surface area (Å²) < 4.78 is 31.8. The minimum Gasteiger partial charge on any atom is -0.462 e. The lowest BCUT2D eigenvalue weighted by Crippen LogP contribution is -2.06. The Labute approximate surface area is 168 Å². The first-order valence-electron chi connectivity index (χ1n) is 9.16. The molecule has 8 heteroatoms. The fraction of sp³-hybridized carbons (Fsp3) is 0.400. The van der Waals surface area contributed by atoms with Gasteiger partial charge in [0, 0.05) is 10.9 Å². The van der Waals surface area contributed by atoms with Crippen molar-refractivity contribution < 1.29 is 23.2 Å². The largest absolute Gasteiger partial charge is 0.462 e. The van der Waals surface area contributed by atoms with Crippen LogP contribution in [0.1, 0.15) is 38.8 Å². The Bertz CT molecular complexity index is 1060. The molecule has 0 atom stereocenters. The Morgan fingerprint density at radius 3 is 2.36 bits per heavy atom. The average Bonchev–Trinajstić information content (AvgIpc) is 3.15. The van der Waals surface area contributed by atoms with E-state index in [1.54, 1.807) is 0 Å². The monoisotopic (exact) mass is 427 g/mol. The van der Waals surface area contributed by atoms with Gasteiger partial charge in [-0.1, -0.05) is 39.3 Å². The minimum absolute atomic E-state index is 0.0761. The molecule has 0 fully saturated rings. The quantitative estimate of drug-likeness (QED) is 0.458. The predicted octanol–water partition coefficient (Wildman–Crippen LogP) is 5.42. The maximum absolute atomic E-state index is 14.5. The van der Waals surface area contributed by atoms with Crippen LogP contribution in [0.15, 0.2) is 22.8 Å². The molecule has 0 aliphatic carbocycles. The molecule has 0 unspecified atom stereocenters. The van der Waals surface area contributed by atoms with Crippen molar-refractivity contribution in [1.82, 2.24) is 4.98 Å². The second-order valence-corrected chi connectivity index (χ2v) is 9.87. The zero-order valence-electron chi connectivity index (χ0n) is 16.2. The second-order valence-electron chi connectivity index (χ2n) is 7.93. The van der Waals surface area contributed by atoms with Crippen molar-refractivity contribution in [1.29, 1.82) is 0 Å². The highest BCUT2D eigenvalue weighted by atomic mass is 35.5. The van der Waals surface area contributed by atoms with Gasteiger partial charge in [0.15, 0.2) is 5.76 Å². The van der Waals surface area contributed by atoms with Gasteiger partial charge in [-0.25, -0.2) is 4.39 Å². The maximum atomic E-state index is 14.5. The number of rotatable bonds is 6. The van der Waals surface area contributed by atoms with Crippen LogP contribution < -0.4 is 5.30 Å². The third-order valence-corrected chi connectivity index (χ3v) is 5.98. The van der Waals surface area contributed by atoms with Crippen LogP contribution in [0, 0.1) is 17.7 Å². The lowest BCUT2D eigenvalue weighted by Gasteiger charge is -2.13. The van der Waals surface area contributed by atoms with Crippen molar-refractivity contribution in [2.45, 2.75) is 40.5 Å². The van der Waals surface area contributed by atoms with Crippen molar-refractivity contribution in [2.75, 3.05) is 0 Å². The van der Waals surface area contributed by atoms with Crippen molar-refractivity contribution in [2.24, 2.45) is 11.8 Å². The summed E-state index contributed by atoms with van der Waals surface area (Å²) in [5.74, 6) is 0.0551. The van der Waals surface area contributed by atoms with Gasteiger partial charge in [-0.05, 0) is 47.9 Å². The molecule has 5 nitrogen and oxygen atoms in total. The fourth-order valence-electron chi connectivity index (χ4n) is 3.58. The molecule has 2 aromatic heterocycles. The van der Waals surface area contributed by atoms with Gasteiger partial charge in [-0.3, -0.25) is 4.57 Å². The molecule has 0 amide bonds. The van der Waals surface area contributed by atoms with E-state index < -0.39 is 13.4 Å². The molecule has 0 aliphatic heterocycles. The molecule has 0 saturated carbocycles. The number of halogens is 2. The number of aromatic nitrogens is 1. The number of hydrogen-bond acceptors (Lipinski definition) is 2. The van der Waals surface area contributed by atoms with Gasteiger partial charge in [0.05, 0.1) is 17.0 Å². The maximum Gasteiger partial charge on any atom is 0.360 e. The van der Waals surface area contributed by atoms with Crippen LogP contribution in [0.5, 0.6) is 0 Å². The third kappa shape index (κ3) is 3.92. The van der Waals surface area contributed by atoms with Crippen LogP contribution in [0.4, 0.5) is 4.39 Å². The van der Waals surface area contributed by atoms with E-state index in [1.807, 2.05) is 27.7 Å². The summed E-state index contributed by atoms with van der Waals surface area (Å²) in [6, 6.07) is 2.60. The summed E-state index contributed by atoms with van der Waals surface area (Å²) in [4.78, 5) is 22.5. The van der Waals surface area contributed by atoms with E-state index in [1.165, 1.54) is 18.4 Å². The van der Waals surface area contributed by atoms with Gasteiger partial charge in [-0.2, -0.15) is 0 Å². The van der Waals surface area contributed by atoms with Gasteiger partial charge in [-0.15, -0.1) is 0 Å². The predicted molar refractivity (Wildman–Crippen MR) is 110 cm³/mol. The Morgan fingerprint density at radius 2 is 1.79 bits per heavy atom. The van der Waals surface area contributed by atoms with E-state index >= 15 is 0 Å². The van der Waals surface area contributed by atoms with Gasteiger partial charge in [0.1, 0.15) is 11.1 Å². The first-order chi connectivity index (χ1) is 13.0. The number of nitrogens with one attached hydrogen (secondary N) is 1. The van der Waals surface area contributed by atoms with Gasteiger partial charge in [0.25, 0.3) is 0 Å². The van der Waals surface area contributed by atoms with Crippen LogP contribution >= 0.6 is 19.2 Å². The van der Waals surface area contributed by atoms with Gasteiger partial charge in [0.2, 0.25) is 0 Å². The number of furan rings is 1. The number of benzene rings is 1. The Balaban J connectivity index is 2.39. The average molecular weight is 428 g/mol. The lowest BCUT2D eigenvalue weighted by atomic mass is 9.92. The first-order valence-corrected chi connectivity index (χ1v) is 11.1. The van der Waals surface area contributed by atoms with E-state index in [4.69, 9.17) is 16.0 Å². The zero-order valence-corrected chi connectivity index (χ0v) is 17.9. The topological polar surface area (TPSA) is 86.5 Å². The number of fused-ring (bicyclic) bond motifs is 1. The Hall–Kier alpha value is -1.59. The zero-order chi connectivity index (χ0) is 20.8. The minimum atomic E-state index is -4.54. The Morgan fingerprint density at radius 1 is 1.18 bits per heavy atom. The molecule has 1 aromatic carbocycles. The van der Waals surface area contributed by atoms with Crippen LogP contribution in [-0.4, -0.2) is 14.8 Å². The Kier molecular flexibility index (Phi) is 5.79. The van der Waals surface area contributed by atoms with Crippen LogP contribution in [0.3, 0.4) is 0 Å². The molecule has 0 spiro atoms. The number of hydrogen-bond donors (Lipinski definition) is 3. The molecular weight excluding hydrogens is 404 g/mol. The normalized spacial score (nSPS) is 12.6. The van der Waals surface area contributed by atoms with Crippen molar-refractivity contribution in [3.63, 3.8) is 0 Å². The highest BCUT2D eigenvalue weighted by Crippen LogP contribution is 2.43. The summed E-state index contributed by atoms with van der Waals surface area (Å²) in [6.45, 7) is 8.14. The molecule has 0 bridgehead atoms. The highest BCUT2D eigenvalue weighted by molar-refractivity contribution is 7.60. The molecule has 0 saturated heterocycles. The molecule has 3 rings (SSSR count). The van der Waals surface area contributed by atoms with Crippen LogP contribution in [-0.2, 0) is 17.4 Å². The van der Waals surface area contributed by atoms with Crippen molar-refractivity contribution in [3.8, 4) is 11.5 Å². The van der Waals surface area contributed by atoms with E-state index in [0.29, 0.717) is 29.6 Å². The standard InChI is InChI=1S/C20H24ClFNO4P/c1-10(2)7-12-17-13(8-11(3)4)19(23-15(17)9-14(22)18(12)21)20-16(5-6-27-20)28(24,25)26/h5-6,9-11,23H,7-8H2,1-4H3,(H2,24,25,26). The van der Waals surface area contributed by atoms with E-state index in [9.17, 15) is 18.7 Å². The van der Waals surface area contributed by atoms with Crippen molar-refractivity contribution in [3.05, 3.63) is 40.4 Å². The SMILES string of the molecule is CC(C)Cc1c(-c2occc2P(=O)(O)O)[nH]c2cc(F)c(Cl)c(CC(C)C)c12. The molecular formula is C20H24ClFNO4P. The van der Waals surface area contributed by atoms with Crippen LogP contribution in [0.25, 0.3) is 22.4 Å². The molecule has 152 valence electrons. The highest BCUT2D eigenvalue weighted by Gasteiger charge is 2.29. The van der Waals surface area contributed by atoms with Crippen molar-refractivity contribution >= 4 is 35.4 Å². The summed E-state index contributed by atoms with van der Waals surface area (Å²) in [5, 5.41) is 0.698. The molecule has 0 radical (unpaired) electrons. The van der Waals surface area contributed by atoms with Crippen LogP contribution in [0.2, 0.25) is 5.02 Å². The van der Waals surface area contributed by atoms with E-state index in [-0.39, 0.29) is 27.9 Å². The lowest BCUT2D eigenvalue weighted by molar-refractivity contribution is 0.387. The number of aromatic amines is 1. The fourth-order valence-corrected chi connectivity index (χ4v) is 4.49.